The molecule has 0 spiro atoms. The van der Waals surface area contributed by atoms with E-state index in [0.29, 0.717) is 3.92 Å². The molecule has 1 aliphatic carbocycles. The van der Waals surface area contributed by atoms with Gasteiger partial charge in [-0.1, -0.05) is 71.7 Å². The molecule has 0 radical (unpaired) electrons. The highest BCUT2D eigenvalue weighted by Crippen LogP contribution is 2.23. The van der Waals surface area contributed by atoms with Crippen molar-refractivity contribution >= 4 is 22.6 Å². The Bertz CT molecular complexity index is 316. The minimum absolute atomic E-state index is 0.613. The molecule has 1 aliphatic rings. The normalized spacial score (nSPS) is 22.6. The smallest absolute Gasteiger partial charge is 0.0332 e. The molecular weight excluding hydrogens is 283 g/mol. The first-order valence-electron chi connectivity index (χ1n) is 4.76. The van der Waals surface area contributed by atoms with Crippen LogP contribution < -0.4 is 0 Å². The van der Waals surface area contributed by atoms with Crippen LogP contribution in [0.25, 0.3) is 0 Å². The molecule has 0 aromatic carbocycles. The van der Waals surface area contributed by atoms with Crippen molar-refractivity contribution in [2.75, 3.05) is 0 Å². The molecule has 0 nitrogen and oxygen atoms in total. The Balaban J connectivity index is 2.89. The first-order chi connectivity index (χ1) is 6.77. The lowest BCUT2D eigenvalue weighted by Gasteiger charge is -2.11. The molecule has 0 amide bonds. The van der Waals surface area contributed by atoms with Crippen LogP contribution in [0.15, 0.2) is 60.3 Å². The van der Waals surface area contributed by atoms with Crippen LogP contribution in [0.3, 0.4) is 0 Å². The van der Waals surface area contributed by atoms with E-state index in [9.17, 15) is 0 Å². The Hall–Kier alpha value is -0.570. The molecule has 0 fully saturated rings. The minimum atomic E-state index is 0.613. The molecule has 0 aromatic heterocycles. The molecule has 0 heterocycles. The van der Waals surface area contributed by atoms with Crippen LogP contribution >= 0.6 is 22.6 Å². The van der Waals surface area contributed by atoms with Gasteiger partial charge in [0.15, 0.2) is 0 Å². The van der Waals surface area contributed by atoms with Crippen molar-refractivity contribution in [1.29, 1.82) is 0 Å². The largest absolute Gasteiger partial charge is 0.0984 e. The van der Waals surface area contributed by atoms with Crippen LogP contribution in [-0.2, 0) is 0 Å². The summed E-state index contributed by atoms with van der Waals surface area (Å²) in [6, 6.07) is 0. The van der Waals surface area contributed by atoms with Crippen LogP contribution in [0.2, 0.25) is 0 Å². The Labute approximate surface area is 99.9 Å². The molecule has 1 heteroatoms. The van der Waals surface area contributed by atoms with Crippen LogP contribution in [0.1, 0.15) is 13.3 Å². The second-order valence-electron chi connectivity index (χ2n) is 3.13. The van der Waals surface area contributed by atoms with E-state index in [0.717, 1.165) is 6.42 Å². The Morgan fingerprint density at radius 3 is 3.00 bits per heavy atom. The van der Waals surface area contributed by atoms with Crippen LogP contribution in [0, 0.1) is 0 Å². The lowest BCUT2D eigenvalue weighted by Crippen LogP contribution is -1.98. The van der Waals surface area contributed by atoms with Crippen molar-refractivity contribution in [1.82, 2.24) is 0 Å². The lowest BCUT2D eigenvalue weighted by atomic mass is 9.99. The maximum atomic E-state index is 3.83. The first-order valence-corrected chi connectivity index (χ1v) is 6.00. The Morgan fingerprint density at radius 1 is 1.64 bits per heavy atom. The van der Waals surface area contributed by atoms with E-state index in [1.807, 2.05) is 25.2 Å². The van der Waals surface area contributed by atoms with Gasteiger partial charge in [0.05, 0.1) is 0 Å². The zero-order valence-corrected chi connectivity index (χ0v) is 10.6. The van der Waals surface area contributed by atoms with E-state index in [-0.39, 0.29) is 0 Å². The van der Waals surface area contributed by atoms with Crippen LogP contribution in [0.5, 0.6) is 0 Å². The third kappa shape index (κ3) is 3.29. The fraction of sp³-hybridized carbons (Fsp3) is 0.231. The van der Waals surface area contributed by atoms with Gasteiger partial charge < -0.3 is 0 Å². The highest BCUT2D eigenvalue weighted by atomic mass is 127. The SMILES string of the molecule is C=C/C(=C\C=C/C)C1=CC(I)CC=C1. The predicted molar refractivity (Wildman–Crippen MR) is 72.7 cm³/mol. The van der Waals surface area contributed by atoms with Gasteiger partial charge >= 0.3 is 0 Å². The van der Waals surface area contributed by atoms with Gasteiger partial charge in [0.1, 0.15) is 0 Å². The van der Waals surface area contributed by atoms with Crippen molar-refractivity contribution < 1.29 is 0 Å². The standard InChI is InChI=1S/C13H15I/c1-3-5-7-11(4-2)12-8-6-9-13(14)10-12/h3-8,10,13H,2,9H2,1H3/b5-3-,11-7+. The van der Waals surface area contributed by atoms with Gasteiger partial charge in [0, 0.05) is 3.92 Å². The van der Waals surface area contributed by atoms with Gasteiger partial charge in [-0.25, -0.2) is 0 Å². The van der Waals surface area contributed by atoms with Gasteiger partial charge in [-0.05, 0) is 24.5 Å². The van der Waals surface area contributed by atoms with Gasteiger partial charge in [0.2, 0.25) is 0 Å². The fourth-order valence-corrected chi connectivity index (χ4v) is 2.00. The molecule has 1 unspecified atom stereocenters. The summed E-state index contributed by atoms with van der Waals surface area (Å²) in [6.45, 7) is 5.85. The topological polar surface area (TPSA) is 0 Å². The minimum Gasteiger partial charge on any atom is -0.0984 e. The van der Waals surface area contributed by atoms with E-state index in [4.69, 9.17) is 0 Å². The monoisotopic (exact) mass is 298 g/mol. The molecule has 0 aromatic rings. The lowest BCUT2D eigenvalue weighted by molar-refractivity contribution is 1.08. The molecule has 1 atom stereocenters. The average Bonchev–Trinajstić information content (AvgIpc) is 2.19. The summed E-state index contributed by atoms with van der Waals surface area (Å²) in [5.74, 6) is 0. The zero-order chi connectivity index (χ0) is 10.4. The summed E-state index contributed by atoms with van der Waals surface area (Å²) in [5, 5.41) is 0. The molecule has 0 saturated heterocycles. The number of halogens is 1. The third-order valence-corrected chi connectivity index (χ3v) is 2.91. The second-order valence-corrected chi connectivity index (χ2v) is 4.73. The summed E-state index contributed by atoms with van der Waals surface area (Å²) in [7, 11) is 0. The fourth-order valence-electron chi connectivity index (χ4n) is 1.32. The number of hydrogen-bond donors (Lipinski definition) is 0. The molecular formula is C13H15I. The molecule has 0 aliphatic heterocycles. The van der Waals surface area contributed by atoms with Crippen molar-refractivity contribution in [3.8, 4) is 0 Å². The summed E-state index contributed by atoms with van der Waals surface area (Å²) in [6.07, 6.45) is 15.9. The molecule has 1 rings (SSSR count). The predicted octanol–water partition coefficient (Wildman–Crippen LogP) is 4.36. The Kier molecular flexibility index (Phi) is 4.94. The molecule has 14 heavy (non-hydrogen) atoms. The van der Waals surface area contributed by atoms with E-state index < -0.39 is 0 Å². The molecule has 0 saturated carbocycles. The van der Waals surface area contributed by atoms with Gasteiger partial charge in [-0.15, -0.1) is 0 Å². The average molecular weight is 298 g/mol. The maximum Gasteiger partial charge on any atom is 0.0332 e. The van der Waals surface area contributed by atoms with Gasteiger partial charge in [0.25, 0.3) is 0 Å². The number of allylic oxidation sites excluding steroid dienone is 9. The third-order valence-electron chi connectivity index (χ3n) is 2.04. The van der Waals surface area contributed by atoms with Crippen molar-refractivity contribution in [3.63, 3.8) is 0 Å². The second kappa shape index (κ2) is 6.02. The van der Waals surface area contributed by atoms with Crippen LogP contribution in [-0.4, -0.2) is 3.92 Å². The first kappa shape index (κ1) is 11.5. The van der Waals surface area contributed by atoms with Gasteiger partial charge in [-0.2, -0.15) is 0 Å². The van der Waals surface area contributed by atoms with Crippen molar-refractivity contribution in [2.24, 2.45) is 0 Å². The summed E-state index contributed by atoms with van der Waals surface area (Å²) in [4.78, 5) is 0. The number of alkyl halides is 1. The Morgan fingerprint density at radius 2 is 2.43 bits per heavy atom. The molecule has 74 valence electrons. The number of hydrogen-bond acceptors (Lipinski definition) is 0. The highest BCUT2D eigenvalue weighted by molar-refractivity contribution is 14.1. The van der Waals surface area contributed by atoms with Crippen molar-refractivity contribution in [2.45, 2.75) is 17.3 Å². The van der Waals surface area contributed by atoms with E-state index in [1.54, 1.807) is 0 Å². The summed E-state index contributed by atoms with van der Waals surface area (Å²) in [5.41, 5.74) is 2.48. The maximum absolute atomic E-state index is 3.83. The van der Waals surface area contributed by atoms with Crippen LogP contribution in [0.4, 0.5) is 0 Å². The van der Waals surface area contributed by atoms with E-state index in [2.05, 4.69) is 53.5 Å². The quantitative estimate of drug-likeness (QED) is 0.412. The van der Waals surface area contributed by atoms with E-state index in [1.165, 1.54) is 11.1 Å². The van der Waals surface area contributed by atoms with Gasteiger partial charge in [-0.3, -0.25) is 0 Å². The highest BCUT2D eigenvalue weighted by Gasteiger charge is 2.06. The summed E-state index contributed by atoms with van der Waals surface area (Å²) < 4.78 is 0.613. The van der Waals surface area contributed by atoms with Crippen molar-refractivity contribution in [3.05, 3.63) is 60.3 Å². The summed E-state index contributed by atoms with van der Waals surface area (Å²) >= 11 is 2.45. The molecule has 0 N–H and O–H groups in total. The molecule has 0 bridgehead atoms. The van der Waals surface area contributed by atoms with E-state index >= 15 is 0 Å². The number of rotatable bonds is 3. The zero-order valence-electron chi connectivity index (χ0n) is 8.41.